The number of aliphatic hydroxyl groups excluding tert-OH is 1. The Morgan fingerprint density at radius 2 is 1.69 bits per heavy atom. The van der Waals surface area contributed by atoms with Gasteiger partial charge >= 0.3 is 0 Å². The molecule has 0 radical (unpaired) electrons. The maximum absolute atomic E-state index is 14.5. The van der Waals surface area contributed by atoms with Crippen molar-refractivity contribution in [1.29, 1.82) is 0 Å². The van der Waals surface area contributed by atoms with Gasteiger partial charge in [0.15, 0.2) is 0 Å². The summed E-state index contributed by atoms with van der Waals surface area (Å²) in [6.07, 6.45) is -0.339. The minimum atomic E-state index is -0.403. The molecule has 4 aromatic rings. The summed E-state index contributed by atoms with van der Waals surface area (Å²) in [5.41, 5.74) is 5.35. The predicted molar refractivity (Wildman–Crippen MR) is 166 cm³/mol. The molecule has 220 valence electrons. The van der Waals surface area contributed by atoms with E-state index in [-0.39, 0.29) is 36.4 Å². The number of benzene rings is 3. The molecule has 0 spiro atoms. The van der Waals surface area contributed by atoms with E-state index in [4.69, 9.17) is 4.74 Å². The van der Waals surface area contributed by atoms with Crippen LogP contribution in [0.4, 0.5) is 0 Å². The number of hydrogen-bond acceptors (Lipinski definition) is 4. The Morgan fingerprint density at radius 1 is 1.02 bits per heavy atom. The fourth-order valence-electron chi connectivity index (χ4n) is 6.10. The first kappa shape index (κ1) is 29.5. The largest absolute Gasteiger partial charge is 0.394 e. The Bertz CT molecular complexity index is 1560. The smallest absolute Gasteiger partial charge is 0.271 e. The molecule has 5 rings (SSSR count). The molecule has 0 saturated carbocycles. The zero-order valence-electron chi connectivity index (χ0n) is 25.2. The van der Waals surface area contributed by atoms with Gasteiger partial charge in [-0.15, -0.1) is 0 Å². The number of carbonyl (C=O) groups is 2. The fourth-order valence-corrected chi connectivity index (χ4v) is 6.10. The number of rotatable bonds is 6. The van der Waals surface area contributed by atoms with Crippen LogP contribution in [0.3, 0.4) is 0 Å². The molecule has 1 N–H and O–H groups in total. The van der Waals surface area contributed by atoms with Crippen LogP contribution in [-0.4, -0.2) is 70.2 Å². The lowest BCUT2D eigenvalue weighted by molar-refractivity contribution is -0.134. The Morgan fingerprint density at radius 3 is 2.43 bits per heavy atom. The second-order valence-corrected chi connectivity index (χ2v) is 11.6. The summed E-state index contributed by atoms with van der Waals surface area (Å²) in [4.78, 5) is 31.5. The monoisotopic (exact) mass is 567 g/mol. The zero-order valence-corrected chi connectivity index (χ0v) is 25.2. The number of aryl methyl sites for hydroxylation is 1. The van der Waals surface area contributed by atoms with Crippen LogP contribution in [-0.2, 0) is 23.2 Å². The molecule has 1 aliphatic rings. The minimum Gasteiger partial charge on any atom is -0.394 e. The number of fused-ring (bicyclic) bond motifs is 5. The van der Waals surface area contributed by atoms with Crippen LogP contribution in [0.25, 0.3) is 22.0 Å². The molecule has 42 heavy (non-hydrogen) atoms. The van der Waals surface area contributed by atoms with Crippen LogP contribution >= 0.6 is 0 Å². The second kappa shape index (κ2) is 12.5. The van der Waals surface area contributed by atoms with E-state index in [1.54, 1.807) is 9.80 Å². The van der Waals surface area contributed by atoms with E-state index >= 15 is 0 Å². The standard InChI is InChI=1S/C35H41N3O4/c1-23-19-38(24(2)21-39)35(41)33-32(29-17-11-12-18-30(29)37(33)5)28-16-10-9-15-27(28)22-42-31(23)20-36(4)34(40)25(3)26-13-7-6-8-14-26/h6-18,23-25,31,39H,19-22H2,1-5H3/t23-,24-,25-,31+/m0/s1. The topological polar surface area (TPSA) is 75.0 Å². The van der Waals surface area contributed by atoms with E-state index in [9.17, 15) is 14.7 Å². The van der Waals surface area contributed by atoms with Crippen LogP contribution in [0.5, 0.6) is 0 Å². The molecule has 3 aromatic carbocycles. The van der Waals surface area contributed by atoms with E-state index < -0.39 is 6.04 Å². The first-order valence-electron chi connectivity index (χ1n) is 14.7. The van der Waals surface area contributed by atoms with E-state index in [1.165, 1.54) is 0 Å². The maximum atomic E-state index is 14.5. The number of ether oxygens (including phenoxy) is 1. The summed E-state index contributed by atoms with van der Waals surface area (Å²) in [6, 6.07) is 25.5. The van der Waals surface area contributed by atoms with E-state index in [1.807, 2.05) is 105 Å². The van der Waals surface area contributed by atoms with Gasteiger partial charge in [0.1, 0.15) is 5.69 Å². The number of aliphatic hydroxyl groups is 1. The Labute approximate surface area is 248 Å². The molecule has 0 unspecified atom stereocenters. The molecule has 0 fully saturated rings. The highest BCUT2D eigenvalue weighted by Crippen LogP contribution is 2.38. The van der Waals surface area contributed by atoms with E-state index in [0.29, 0.717) is 25.4 Å². The average molecular weight is 568 g/mol. The summed E-state index contributed by atoms with van der Waals surface area (Å²) >= 11 is 0. The van der Waals surface area contributed by atoms with Crippen LogP contribution in [0.15, 0.2) is 78.9 Å². The highest BCUT2D eigenvalue weighted by Gasteiger charge is 2.34. The quantitative estimate of drug-likeness (QED) is 0.336. The average Bonchev–Trinajstić information content (AvgIpc) is 3.31. The number of para-hydroxylation sites is 1. The highest BCUT2D eigenvalue weighted by molar-refractivity contribution is 6.10. The lowest BCUT2D eigenvalue weighted by atomic mass is 9.96. The lowest BCUT2D eigenvalue weighted by Crippen LogP contribution is -2.48. The van der Waals surface area contributed by atoms with E-state index in [2.05, 4.69) is 13.0 Å². The van der Waals surface area contributed by atoms with Crippen LogP contribution in [0.1, 0.15) is 48.3 Å². The van der Waals surface area contributed by atoms with Crippen LogP contribution in [0.2, 0.25) is 0 Å². The van der Waals surface area contributed by atoms with Crippen molar-refractivity contribution < 1.29 is 19.4 Å². The number of aromatic nitrogens is 1. The second-order valence-electron chi connectivity index (χ2n) is 11.6. The third-order valence-electron chi connectivity index (χ3n) is 8.73. The van der Waals surface area contributed by atoms with Crippen molar-refractivity contribution in [2.24, 2.45) is 13.0 Å². The minimum absolute atomic E-state index is 0.0160. The first-order valence-corrected chi connectivity index (χ1v) is 14.7. The molecule has 2 amide bonds. The van der Waals surface area contributed by atoms with Gasteiger partial charge in [0.2, 0.25) is 5.91 Å². The Balaban J connectivity index is 1.55. The normalized spacial score (nSPS) is 19.0. The number of hydrogen-bond donors (Lipinski definition) is 1. The number of likely N-dealkylation sites (N-methyl/N-ethyl adjacent to an activating group) is 1. The SMILES string of the molecule is C[C@H](C(=O)N(C)C[C@H]1OCc2ccccc2-c2c(n(C)c3ccccc23)C(=O)N([C@@H](C)CO)C[C@@H]1C)c1ccccc1. The van der Waals surface area contributed by atoms with Gasteiger partial charge in [-0.1, -0.05) is 79.7 Å². The number of amides is 2. The molecule has 0 aliphatic carbocycles. The molecule has 7 nitrogen and oxygen atoms in total. The lowest BCUT2D eigenvalue weighted by Gasteiger charge is -2.35. The third-order valence-corrected chi connectivity index (χ3v) is 8.73. The van der Waals surface area contributed by atoms with Gasteiger partial charge in [-0.3, -0.25) is 9.59 Å². The Hall–Kier alpha value is -3.94. The highest BCUT2D eigenvalue weighted by atomic mass is 16.5. The molecule has 0 bridgehead atoms. The summed E-state index contributed by atoms with van der Waals surface area (Å²) in [7, 11) is 3.75. The summed E-state index contributed by atoms with van der Waals surface area (Å²) < 4.78 is 8.62. The predicted octanol–water partition coefficient (Wildman–Crippen LogP) is 5.47. The molecule has 7 heteroatoms. The van der Waals surface area contributed by atoms with Gasteiger partial charge in [0.05, 0.1) is 31.3 Å². The van der Waals surface area contributed by atoms with Gasteiger partial charge in [-0.2, -0.15) is 0 Å². The van der Waals surface area contributed by atoms with Crippen molar-refractivity contribution in [2.45, 2.75) is 45.4 Å². The van der Waals surface area contributed by atoms with E-state index in [0.717, 1.165) is 33.2 Å². The molecular formula is C35H41N3O4. The Kier molecular flexibility index (Phi) is 8.80. The molecular weight excluding hydrogens is 526 g/mol. The van der Waals surface area contributed by atoms with Gasteiger partial charge < -0.3 is 24.2 Å². The van der Waals surface area contributed by atoms with Crippen molar-refractivity contribution in [3.63, 3.8) is 0 Å². The zero-order chi connectivity index (χ0) is 30.0. The van der Waals surface area contributed by atoms with Gasteiger partial charge in [0.25, 0.3) is 5.91 Å². The number of nitrogens with zero attached hydrogens (tertiary/aromatic N) is 3. The van der Waals surface area contributed by atoms with Crippen molar-refractivity contribution in [2.75, 3.05) is 26.7 Å². The summed E-state index contributed by atoms with van der Waals surface area (Å²) in [6.45, 7) is 6.79. The maximum Gasteiger partial charge on any atom is 0.271 e. The van der Waals surface area contributed by atoms with Gasteiger partial charge in [-0.25, -0.2) is 0 Å². The van der Waals surface area contributed by atoms with Crippen molar-refractivity contribution >= 4 is 22.7 Å². The molecule has 1 aliphatic heterocycles. The molecule has 2 heterocycles. The molecule has 4 atom stereocenters. The van der Waals surface area contributed by atoms with Crippen molar-refractivity contribution in [3.05, 3.63) is 95.7 Å². The summed E-state index contributed by atoms with van der Waals surface area (Å²) in [5.74, 6) is -0.518. The van der Waals surface area contributed by atoms with Crippen molar-refractivity contribution in [1.82, 2.24) is 14.4 Å². The molecule has 0 saturated heterocycles. The number of carbonyl (C=O) groups excluding carboxylic acids is 2. The van der Waals surface area contributed by atoms with Crippen molar-refractivity contribution in [3.8, 4) is 11.1 Å². The molecule has 1 aromatic heterocycles. The van der Waals surface area contributed by atoms with Crippen LogP contribution < -0.4 is 0 Å². The van der Waals surface area contributed by atoms with Gasteiger partial charge in [0, 0.05) is 49.6 Å². The summed E-state index contributed by atoms with van der Waals surface area (Å²) in [5, 5.41) is 11.2. The van der Waals surface area contributed by atoms with Crippen LogP contribution in [0, 0.1) is 5.92 Å². The third kappa shape index (κ3) is 5.59. The van der Waals surface area contributed by atoms with Gasteiger partial charge in [-0.05, 0) is 36.6 Å². The first-order chi connectivity index (χ1) is 20.2. The fraction of sp³-hybridized carbons (Fsp3) is 0.371.